The van der Waals surface area contributed by atoms with Gasteiger partial charge in [0.2, 0.25) is 0 Å². The van der Waals surface area contributed by atoms with Crippen LogP contribution in [-0.2, 0) is 4.74 Å². The highest BCUT2D eigenvalue weighted by atomic mass is 16.5. The first-order chi connectivity index (χ1) is 6.86. The van der Waals surface area contributed by atoms with E-state index in [1.165, 1.54) is 38.5 Å². The van der Waals surface area contributed by atoms with Crippen molar-refractivity contribution in [2.24, 2.45) is 5.73 Å². The van der Waals surface area contributed by atoms with Crippen molar-refractivity contribution in [3.8, 4) is 0 Å². The van der Waals surface area contributed by atoms with Crippen LogP contribution >= 0.6 is 0 Å². The molecule has 2 aliphatic rings. The molecule has 0 aromatic heterocycles. The quantitative estimate of drug-likeness (QED) is 0.712. The number of nitrogens with two attached hydrogens (primary N) is 1. The van der Waals surface area contributed by atoms with Crippen LogP contribution in [-0.4, -0.2) is 31.3 Å². The Hall–Kier alpha value is -0.120. The Kier molecular flexibility index (Phi) is 3.79. The molecular weight excluding hydrogens is 176 g/mol. The Morgan fingerprint density at radius 1 is 1.14 bits per heavy atom. The summed E-state index contributed by atoms with van der Waals surface area (Å²) >= 11 is 0. The fraction of sp³-hybridized carbons (Fsp3) is 1.00. The van der Waals surface area contributed by atoms with Gasteiger partial charge in [0.05, 0.1) is 6.10 Å². The molecule has 14 heavy (non-hydrogen) atoms. The third kappa shape index (κ3) is 2.69. The highest BCUT2D eigenvalue weighted by Crippen LogP contribution is 2.18. The van der Waals surface area contributed by atoms with Crippen molar-refractivity contribution in [1.82, 2.24) is 5.32 Å². The summed E-state index contributed by atoms with van der Waals surface area (Å²) in [6.45, 7) is 1.95. The zero-order chi connectivity index (χ0) is 9.80. The molecule has 0 aromatic carbocycles. The molecule has 82 valence electrons. The third-order valence-electron chi connectivity index (χ3n) is 3.45. The largest absolute Gasteiger partial charge is 0.377 e. The lowest BCUT2D eigenvalue weighted by atomic mass is 9.91. The van der Waals surface area contributed by atoms with Crippen LogP contribution in [0.4, 0.5) is 0 Å². The monoisotopic (exact) mass is 198 g/mol. The lowest BCUT2D eigenvalue weighted by Crippen LogP contribution is -2.49. The van der Waals surface area contributed by atoms with E-state index in [1.807, 2.05) is 0 Å². The molecule has 1 aliphatic carbocycles. The van der Waals surface area contributed by atoms with E-state index in [0.717, 1.165) is 13.2 Å². The molecule has 0 aromatic rings. The molecule has 3 N–H and O–H groups in total. The molecule has 3 nitrogen and oxygen atoms in total. The minimum absolute atomic E-state index is 0.366. The topological polar surface area (TPSA) is 47.3 Å². The molecule has 1 heterocycles. The summed E-state index contributed by atoms with van der Waals surface area (Å²) in [6.07, 6.45) is 7.95. The van der Waals surface area contributed by atoms with E-state index < -0.39 is 0 Å². The molecule has 3 atom stereocenters. The van der Waals surface area contributed by atoms with Crippen molar-refractivity contribution >= 4 is 0 Å². The maximum absolute atomic E-state index is 6.06. The van der Waals surface area contributed by atoms with Gasteiger partial charge in [-0.3, -0.25) is 0 Å². The minimum atomic E-state index is 0.366. The predicted molar refractivity (Wildman–Crippen MR) is 57.2 cm³/mol. The second-order valence-corrected chi connectivity index (χ2v) is 4.60. The van der Waals surface area contributed by atoms with Gasteiger partial charge in [0.25, 0.3) is 0 Å². The van der Waals surface area contributed by atoms with Crippen LogP contribution in [0.3, 0.4) is 0 Å². The van der Waals surface area contributed by atoms with Gasteiger partial charge in [-0.15, -0.1) is 0 Å². The van der Waals surface area contributed by atoms with Gasteiger partial charge in [-0.25, -0.2) is 0 Å². The van der Waals surface area contributed by atoms with Crippen molar-refractivity contribution in [3.05, 3.63) is 0 Å². The summed E-state index contributed by atoms with van der Waals surface area (Å²) < 4.78 is 5.58. The molecule has 1 aliphatic heterocycles. The van der Waals surface area contributed by atoms with Crippen LogP contribution in [0, 0.1) is 0 Å². The minimum Gasteiger partial charge on any atom is -0.377 e. The summed E-state index contributed by atoms with van der Waals surface area (Å²) in [5.41, 5.74) is 6.06. The fourth-order valence-electron chi connectivity index (χ4n) is 2.50. The Bertz CT molecular complexity index is 169. The Labute approximate surface area is 86.4 Å². The third-order valence-corrected chi connectivity index (χ3v) is 3.45. The number of hydrogen-bond donors (Lipinski definition) is 2. The highest BCUT2D eigenvalue weighted by molar-refractivity contribution is 4.84. The standard InChI is InChI=1S/C11H22N2O/c12-10-5-1-2-6-11(10)13-8-9-4-3-7-14-9/h9-11,13H,1-8,12H2/t9-,10-,11+/m0/s1. The first kappa shape index (κ1) is 10.4. The van der Waals surface area contributed by atoms with Crippen molar-refractivity contribution in [2.75, 3.05) is 13.2 Å². The molecule has 1 saturated carbocycles. The summed E-state index contributed by atoms with van der Waals surface area (Å²) in [5.74, 6) is 0. The number of hydrogen-bond acceptors (Lipinski definition) is 3. The van der Waals surface area contributed by atoms with E-state index in [1.54, 1.807) is 0 Å². The van der Waals surface area contributed by atoms with E-state index in [9.17, 15) is 0 Å². The van der Waals surface area contributed by atoms with Crippen molar-refractivity contribution in [1.29, 1.82) is 0 Å². The zero-order valence-electron chi connectivity index (χ0n) is 8.87. The van der Waals surface area contributed by atoms with E-state index in [-0.39, 0.29) is 0 Å². The number of rotatable bonds is 3. The summed E-state index contributed by atoms with van der Waals surface area (Å²) in [5, 5.41) is 3.56. The van der Waals surface area contributed by atoms with Gasteiger partial charge >= 0.3 is 0 Å². The molecule has 0 bridgehead atoms. The van der Waals surface area contributed by atoms with Crippen LogP contribution in [0.1, 0.15) is 38.5 Å². The van der Waals surface area contributed by atoms with Gasteiger partial charge in [-0.1, -0.05) is 12.8 Å². The average Bonchev–Trinajstić information content (AvgIpc) is 2.69. The van der Waals surface area contributed by atoms with Gasteiger partial charge in [0, 0.05) is 25.2 Å². The molecule has 3 heteroatoms. The summed E-state index contributed by atoms with van der Waals surface area (Å²) in [6, 6.07) is 0.901. The van der Waals surface area contributed by atoms with Crippen LogP contribution in [0.2, 0.25) is 0 Å². The lowest BCUT2D eigenvalue weighted by Gasteiger charge is -2.30. The Morgan fingerprint density at radius 3 is 2.71 bits per heavy atom. The van der Waals surface area contributed by atoms with E-state index >= 15 is 0 Å². The molecule has 0 unspecified atom stereocenters. The molecule has 0 spiro atoms. The van der Waals surface area contributed by atoms with E-state index in [4.69, 9.17) is 10.5 Å². The molecule has 0 radical (unpaired) electrons. The summed E-state index contributed by atoms with van der Waals surface area (Å²) in [7, 11) is 0. The average molecular weight is 198 g/mol. The van der Waals surface area contributed by atoms with Gasteiger partial charge in [-0.2, -0.15) is 0 Å². The van der Waals surface area contributed by atoms with E-state index in [0.29, 0.717) is 18.2 Å². The van der Waals surface area contributed by atoms with Crippen molar-refractivity contribution in [3.63, 3.8) is 0 Å². The van der Waals surface area contributed by atoms with E-state index in [2.05, 4.69) is 5.32 Å². The maximum atomic E-state index is 6.06. The van der Waals surface area contributed by atoms with Crippen molar-refractivity contribution in [2.45, 2.75) is 56.7 Å². The van der Waals surface area contributed by atoms with Gasteiger partial charge in [-0.05, 0) is 25.7 Å². The Morgan fingerprint density at radius 2 is 2.00 bits per heavy atom. The SMILES string of the molecule is N[C@H]1CCCC[C@H]1NC[C@@H]1CCCO1. The lowest BCUT2D eigenvalue weighted by molar-refractivity contribution is 0.104. The first-order valence-electron chi connectivity index (χ1n) is 5.97. The zero-order valence-corrected chi connectivity index (χ0v) is 8.87. The van der Waals surface area contributed by atoms with Crippen LogP contribution < -0.4 is 11.1 Å². The smallest absolute Gasteiger partial charge is 0.0700 e. The van der Waals surface area contributed by atoms with Crippen LogP contribution in [0.15, 0.2) is 0 Å². The van der Waals surface area contributed by atoms with Gasteiger partial charge in [0.1, 0.15) is 0 Å². The number of nitrogens with one attached hydrogen (secondary N) is 1. The molecule has 2 rings (SSSR count). The van der Waals surface area contributed by atoms with Gasteiger partial charge < -0.3 is 15.8 Å². The molecular formula is C11H22N2O. The predicted octanol–water partition coefficient (Wildman–Crippen LogP) is 1.02. The highest BCUT2D eigenvalue weighted by Gasteiger charge is 2.23. The summed E-state index contributed by atoms with van der Waals surface area (Å²) in [4.78, 5) is 0. The molecule has 2 fully saturated rings. The maximum Gasteiger partial charge on any atom is 0.0700 e. The number of ether oxygens (including phenoxy) is 1. The second kappa shape index (κ2) is 5.10. The Balaban J connectivity index is 1.67. The van der Waals surface area contributed by atoms with Crippen LogP contribution in [0.25, 0.3) is 0 Å². The normalized spacial score (nSPS) is 38.8. The van der Waals surface area contributed by atoms with Crippen LogP contribution in [0.5, 0.6) is 0 Å². The first-order valence-corrected chi connectivity index (χ1v) is 5.97. The van der Waals surface area contributed by atoms with Gasteiger partial charge in [0.15, 0.2) is 0 Å². The second-order valence-electron chi connectivity index (χ2n) is 4.60. The molecule has 0 amide bonds. The van der Waals surface area contributed by atoms with Crippen molar-refractivity contribution < 1.29 is 4.74 Å². The molecule has 1 saturated heterocycles. The fourth-order valence-corrected chi connectivity index (χ4v) is 2.50.